The van der Waals surface area contributed by atoms with Gasteiger partial charge in [0.05, 0.1) is 25.9 Å². The van der Waals surface area contributed by atoms with E-state index in [1.54, 1.807) is 0 Å². The van der Waals surface area contributed by atoms with Crippen LogP contribution in [-0.4, -0.2) is 54.4 Å². The van der Waals surface area contributed by atoms with E-state index < -0.39 is 5.97 Å². The minimum atomic E-state index is -1.17. The molecule has 1 amide bonds. The minimum Gasteiger partial charge on any atom is -0.477 e. The van der Waals surface area contributed by atoms with Crippen LogP contribution in [0.2, 0.25) is 0 Å². The lowest BCUT2D eigenvalue weighted by Gasteiger charge is -2.23. The molecule has 0 aromatic carbocycles. The second-order valence-corrected chi connectivity index (χ2v) is 4.01. The fraction of sp³-hybridized carbons (Fsp3) is 0.417. The largest absolute Gasteiger partial charge is 0.477 e. The molecule has 19 heavy (non-hydrogen) atoms. The Morgan fingerprint density at radius 2 is 2.32 bits per heavy atom. The number of carbonyl (C=O) groups excluding carboxylic acids is 1. The molecule has 1 aromatic rings. The number of hydrogen-bond acceptors (Lipinski definition) is 5. The van der Waals surface area contributed by atoms with E-state index in [1.807, 2.05) is 0 Å². The zero-order chi connectivity index (χ0) is 13.7. The number of nitrogens with zero attached hydrogens (tertiary/aromatic N) is 1. The summed E-state index contributed by atoms with van der Waals surface area (Å²) in [6.45, 7) is 1.84. The van der Waals surface area contributed by atoms with Gasteiger partial charge in [-0.3, -0.25) is 4.79 Å². The summed E-state index contributed by atoms with van der Waals surface area (Å²) >= 11 is 0. The topological polar surface area (TPSA) is 97.8 Å². The number of carboxylic acids is 1. The van der Waals surface area contributed by atoms with E-state index in [9.17, 15) is 9.59 Å². The number of rotatable bonds is 4. The van der Waals surface area contributed by atoms with Gasteiger partial charge in [0.25, 0.3) is 5.91 Å². The minimum absolute atomic E-state index is 0.162. The molecule has 1 aromatic heterocycles. The summed E-state index contributed by atoms with van der Waals surface area (Å²) in [6, 6.07) is 2.69. The number of ether oxygens (including phenoxy) is 2. The van der Waals surface area contributed by atoms with Gasteiger partial charge in [-0.25, -0.2) is 9.78 Å². The van der Waals surface area contributed by atoms with Crippen LogP contribution in [0, 0.1) is 0 Å². The normalized spacial score (nSPS) is 18.8. The third-order valence-corrected chi connectivity index (χ3v) is 2.62. The predicted molar refractivity (Wildman–Crippen MR) is 64.1 cm³/mol. The van der Waals surface area contributed by atoms with Crippen molar-refractivity contribution < 1.29 is 24.2 Å². The Morgan fingerprint density at radius 3 is 3.00 bits per heavy atom. The van der Waals surface area contributed by atoms with Crippen LogP contribution in [0.4, 0.5) is 0 Å². The maximum absolute atomic E-state index is 11.8. The zero-order valence-corrected chi connectivity index (χ0v) is 10.2. The molecule has 2 heterocycles. The van der Waals surface area contributed by atoms with Crippen molar-refractivity contribution in [1.29, 1.82) is 0 Å². The van der Waals surface area contributed by atoms with Gasteiger partial charge in [-0.15, -0.1) is 0 Å². The van der Waals surface area contributed by atoms with Crippen LogP contribution in [0.25, 0.3) is 0 Å². The van der Waals surface area contributed by atoms with Crippen molar-refractivity contribution in [1.82, 2.24) is 10.3 Å². The lowest BCUT2D eigenvalue weighted by molar-refractivity contribution is -0.0855. The van der Waals surface area contributed by atoms with Gasteiger partial charge in [-0.1, -0.05) is 0 Å². The Kier molecular flexibility index (Phi) is 4.43. The molecular formula is C12H14N2O5. The van der Waals surface area contributed by atoms with E-state index in [2.05, 4.69) is 10.3 Å². The van der Waals surface area contributed by atoms with Gasteiger partial charge < -0.3 is 19.9 Å². The van der Waals surface area contributed by atoms with E-state index in [-0.39, 0.29) is 23.3 Å². The van der Waals surface area contributed by atoms with Crippen molar-refractivity contribution in [3.8, 4) is 0 Å². The van der Waals surface area contributed by atoms with E-state index >= 15 is 0 Å². The first-order valence-electron chi connectivity index (χ1n) is 5.83. The molecule has 0 bridgehead atoms. The van der Waals surface area contributed by atoms with Crippen molar-refractivity contribution >= 4 is 11.9 Å². The molecule has 0 saturated carbocycles. The molecule has 7 nitrogen and oxygen atoms in total. The van der Waals surface area contributed by atoms with Crippen LogP contribution in [0.5, 0.6) is 0 Å². The average Bonchev–Trinajstić information content (AvgIpc) is 2.46. The molecule has 0 radical (unpaired) electrons. The number of nitrogens with one attached hydrogen (secondary N) is 1. The van der Waals surface area contributed by atoms with E-state index in [1.165, 1.54) is 18.3 Å². The van der Waals surface area contributed by atoms with Crippen molar-refractivity contribution in [2.24, 2.45) is 0 Å². The zero-order valence-electron chi connectivity index (χ0n) is 10.2. The van der Waals surface area contributed by atoms with Crippen LogP contribution in [0.1, 0.15) is 20.8 Å². The van der Waals surface area contributed by atoms with Gasteiger partial charge in [0.1, 0.15) is 5.69 Å². The fourth-order valence-electron chi connectivity index (χ4n) is 1.65. The van der Waals surface area contributed by atoms with Crippen LogP contribution in [0.3, 0.4) is 0 Å². The molecule has 102 valence electrons. The Labute approximate surface area is 109 Å². The van der Waals surface area contributed by atoms with Gasteiger partial charge in [-0.05, 0) is 12.1 Å². The highest BCUT2D eigenvalue weighted by atomic mass is 16.6. The summed E-state index contributed by atoms with van der Waals surface area (Å²) in [4.78, 5) is 26.2. The second-order valence-electron chi connectivity index (χ2n) is 4.01. The molecule has 1 atom stereocenters. The summed E-state index contributed by atoms with van der Waals surface area (Å²) in [6.07, 6.45) is 1.12. The van der Waals surface area contributed by atoms with E-state index in [0.29, 0.717) is 26.4 Å². The SMILES string of the molecule is O=C(NCC1COCCO1)c1ccnc(C(=O)O)c1. The third kappa shape index (κ3) is 3.73. The molecule has 7 heteroatoms. The molecule has 1 saturated heterocycles. The first kappa shape index (κ1) is 13.4. The van der Waals surface area contributed by atoms with Gasteiger partial charge in [-0.2, -0.15) is 0 Å². The summed E-state index contributed by atoms with van der Waals surface area (Å²) < 4.78 is 10.6. The highest BCUT2D eigenvalue weighted by Gasteiger charge is 2.16. The van der Waals surface area contributed by atoms with Crippen LogP contribution in [-0.2, 0) is 9.47 Å². The summed E-state index contributed by atoms with van der Waals surface area (Å²) in [7, 11) is 0. The molecular weight excluding hydrogens is 252 g/mol. The standard InChI is InChI=1S/C12H14N2O5/c15-11(14-6-9-7-18-3-4-19-9)8-1-2-13-10(5-8)12(16)17/h1-2,5,9H,3-4,6-7H2,(H,14,15)(H,16,17). The highest BCUT2D eigenvalue weighted by Crippen LogP contribution is 2.03. The number of amides is 1. The molecule has 1 unspecified atom stereocenters. The summed E-state index contributed by atoms with van der Waals surface area (Å²) in [5.41, 5.74) is 0.0917. The number of aromatic carboxylic acids is 1. The number of hydrogen-bond donors (Lipinski definition) is 2. The lowest BCUT2D eigenvalue weighted by Crippen LogP contribution is -2.39. The first-order chi connectivity index (χ1) is 9.16. The smallest absolute Gasteiger partial charge is 0.354 e. The van der Waals surface area contributed by atoms with Gasteiger partial charge in [0.2, 0.25) is 0 Å². The number of pyridine rings is 1. The monoisotopic (exact) mass is 266 g/mol. The van der Waals surface area contributed by atoms with Crippen molar-refractivity contribution in [2.45, 2.75) is 6.10 Å². The highest BCUT2D eigenvalue weighted by molar-refractivity contribution is 5.96. The van der Waals surface area contributed by atoms with Crippen LogP contribution in [0.15, 0.2) is 18.3 Å². The molecule has 2 rings (SSSR count). The summed E-state index contributed by atoms with van der Waals surface area (Å²) in [5.74, 6) is -1.53. The number of aromatic nitrogens is 1. The quantitative estimate of drug-likeness (QED) is 0.791. The molecule has 2 N–H and O–H groups in total. The van der Waals surface area contributed by atoms with Crippen molar-refractivity contribution in [2.75, 3.05) is 26.4 Å². The van der Waals surface area contributed by atoms with E-state index in [4.69, 9.17) is 14.6 Å². The Hall–Kier alpha value is -1.99. The van der Waals surface area contributed by atoms with Gasteiger partial charge in [0, 0.05) is 18.3 Å². The van der Waals surface area contributed by atoms with Crippen molar-refractivity contribution in [3.63, 3.8) is 0 Å². The molecule has 1 fully saturated rings. The third-order valence-electron chi connectivity index (χ3n) is 2.62. The Morgan fingerprint density at radius 1 is 1.47 bits per heavy atom. The van der Waals surface area contributed by atoms with Crippen LogP contribution >= 0.6 is 0 Å². The second kappa shape index (κ2) is 6.26. The molecule has 0 spiro atoms. The molecule has 1 aliphatic heterocycles. The van der Waals surface area contributed by atoms with E-state index in [0.717, 1.165) is 0 Å². The molecule has 1 aliphatic rings. The average molecular weight is 266 g/mol. The van der Waals surface area contributed by atoms with Crippen LogP contribution < -0.4 is 5.32 Å². The van der Waals surface area contributed by atoms with Gasteiger partial charge >= 0.3 is 5.97 Å². The molecule has 0 aliphatic carbocycles. The number of carbonyl (C=O) groups is 2. The Balaban J connectivity index is 1.92. The van der Waals surface area contributed by atoms with Crippen molar-refractivity contribution in [3.05, 3.63) is 29.6 Å². The maximum Gasteiger partial charge on any atom is 0.354 e. The number of carboxylic acid groups (broad SMARTS) is 1. The predicted octanol–water partition coefficient (Wildman–Crippen LogP) is -0.0750. The fourth-order valence-corrected chi connectivity index (χ4v) is 1.65. The lowest BCUT2D eigenvalue weighted by atomic mass is 10.2. The first-order valence-corrected chi connectivity index (χ1v) is 5.83. The maximum atomic E-state index is 11.8. The Bertz CT molecular complexity index is 471. The van der Waals surface area contributed by atoms with Gasteiger partial charge in [0.15, 0.2) is 0 Å². The summed E-state index contributed by atoms with van der Waals surface area (Å²) in [5, 5.41) is 11.5.